The Labute approximate surface area is 103 Å². The van der Waals surface area contributed by atoms with Crippen LogP contribution in [-0.2, 0) is 0 Å². The fourth-order valence-corrected chi connectivity index (χ4v) is 2.31. The fraction of sp³-hybridized carbons (Fsp3) is 0. The van der Waals surface area contributed by atoms with Crippen LogP contribution in [0.15, 0.2) is 48.7 Å². The lowest BCUT2D eigenvalue weighted by molar-refractivity contribution is 0.979. The van der Waals surface area contributed by atoms with E-state index in [4.69, 9.17) is 5.73 Å². The quantitative estimate of drug-likeness (QED) is 0.476. The number of benzene rings is 2. The molecule has 0 saturated heterocycles. The summed E-state index contributed by atoms with van der Waals surface area (Å²) >= 11 is 0. The first kappa shape index (κ1) is 9.41. The number of nitrogens with zero attached hydrogens (tertiary/aromatic N) is 3. The van der Waals surface area contributed by atoms with Gasteiger partial charge in [0, 0.05) is 16.5 Å². The molecule has 2 aromatic carbocycles. The van der Waals surface area contributed by atoms with Gasteiger partial charge in [-0.15, -0.1) is 0 Å². The van der Waals surface area contributed by atoms with Crippen molar-refractivity contribution in [1.29, 1.82) is 0 Å². The van der Waals surface area contributed by atoms with E-state index in [9.17, 15) is 0 Å². The van der Waals surface area contributed by atoms with Gasteiger partial charge in [-0.1, -0.05) is 24.3 Å². The normalized spacial score (nSPS) is 11.6. The van der Waals surface area contributed by atoms with E-state index in [0.717, 1.165) is 33.1 Å². The Morgan fingerprint density at radius 3 is 2.89 bits per heavy atom. The summed E-state index contributed by atoms with van der Waals surface area (Å²) < 4.78 is 1.86. The molecular formula is C14H10N4. The molecular weight excluding hydrogens is 224 g/mol. The summed E-state index contributed by atoms with van der Waals surface area (Å²) in [6.45, 7) is 0. The number of hydrogen-bond acceptors (Lipinski definition) is 3. The minimum absolute atomic E-state index is 0.718. The molecule has 4 heteroatoms. The van der Waals surface area contributed by atoms with E-state index in [1.807, 2.05) is 47.1 Å². The number of aromatic nitrogens is 3. The average molecular weight is 234 g/mol. The zero-order valence-corrected chi connectivity index (χ0v) is 9.54. The van der Waals surface area contributed by atoms with Crippen LogP contribution in [0.5, 0.6) is 0 Å². The minimum Gasteiger partial charge on any atom is -0.399 e. The Morgan fingerprint density at radius 2 is 1.94 bits per heavy atom. The van der Waals surface area contributed by atoms with Gasteiger partial charge in [-0.25, -0.2) is 9.50 Å². The second kappa shape index (κ2) is 3.20. The number of imidazole rings is 1. The predicted molar refractivity (Wildman–Crippen MR) is 72.4 cm³/mol. The molecule has 0 amide bonds. The molecule has 0 spiro atoms. The number of nitrogens with two attached hydrogens (primary N) is 1. The van der Waals surface area contributed by atoms with Gasteiger partial charge < -0.3 is 5.73 Å². The molecule has 4 aromatic rings. The maximum absolute atomic E-state index is 5.79. The van der Waals surface area contributed by atoms with Crippen LogP contribution in [-0.4, -0.2) is 14.6 Å². The molecule has 0 bridgehead atoms. The molecule has 0 saturated carbocycles. The Hall–Kier alpha value is -2.62. The van der Waals surface area contributed by atoms with Crippen LogP contribution >= 0.6 is 0 Å². The molecule has 86 valence electrons. The van der Waals surface area contributed by atoms with Crippen LogP contribution in [0.2, 0.25) is 0 Å². The molecule has 0 aliphatic rings. The predicted octanol–water partition coefficient (Wildman–Crippen LogP) is 2.62. The van der Waals surface area contributed by atoms with Crippen LogP contribution < -0.4 is 5.73 Å². The van der Waals surface area contributed by atoms with Gasteiger partial charge in [0.05, 0.1) is 17.2 Å². The molecule has 2 aromatic heterocycles. The largest absolute Gasteiger partial charge is 0.399 e. The molecule has 0 fully saturated rings. The van der Waals surface area contributed by atoms with Gasteiger partial charge in [0.1, 0.15) is 0 Å². The van der Waals surface area contributed by atoms with E-state index in [0.29, 0.717) is 0 Å². The standard InChI is InChI=1S/C14H10N4/c15-10-5-6-13-12(7-10)17-14-11-4-2-1-3-9(11)8-16-18(13)14/h1-8H,15H2. The molecule has 2 N–H and O–H groups in total. The van der Waals surface area contributed by atoms with Gasteiger partial charge in [-0.3, -0.25) is 0 Å². The highest BCUT2D eigenvalue weighted by Crippen LogP contribution is 2.23. The lowest BCUT2D eigenvalue weighted by Gasteiger charge is -1.99. The van der Waals surface area contributed by atoms with Crippen molar-refractivity contribution < 1.29 is 0 Å². The van der Waals surface area contributed by atoms with Crippen molar-refractivity contribution in [1.82, 2.24) is 14.6 Å². The Bertz CT molecular complexity index is 892. The molecule has 0 unspecified atom stereocenters. The van der Waals surface area contributed by atoms with Crippen molar-refractivity contribution in [2.24, 2.45) is 0 Å². The number of rotatable bonds is 0. The second-order valence-corrected chi connectivity index (χ2v) is 4.33. The maximum atomic E-state index is 5.79. The summed E-state index contributed by atoms with van der Waals surface area (Å²) in [5.41, 5.74) is 9.23. The third kappa shape index (κ3) is 1.14. The molecule has 0 aliphatic carbocycles. The average Bonchev–Trinajstić information content (AvgIpc) is 2.76. The zero-order valence-electron chi connectivity index (χ0n) is 9.54. The van der Waals surface area contributed by atoms with Gasteiger partial charge in [0.15, 0.2) is 5.65 Å². The van der Waals surface area contributed by atoms with E-state index in [1.165, 1.54) is 0 Å². The van der Waals surface area contributed by atoms with Crippen molar-refractivity contribution in [2.75, 3.05) is 5.73 Å². The third-order valence-electron chi connectivity index (χ3n) is 3.17. The molecule has 0 atom stereocenters. The summed E-state index contributed by atoms with van der Waals surface area (Å²) in [5.74, 6) is 0. The Morgan fingerprint density at radius 1 is 1.06 bits per heavy atom. The second-order valence-electron chi connectivity index (χ2n) is 4.33. The van der Waals surface area contributed by atoms with Crippen LogP contribution in [0.1, 0.15) is 0 Å². The molecule has 18 heavy (non-hydrogen) atoms. The van der Waals surface area contributed by atoms with Gasteiger partial charge in [0.2, 0.25) is 0 Å². The minimum atomic E-state index is 0.718. The van der Waals surface area contributed by atoms with E-state index in [-0.39, 0.29) is 0 Å². The molecule has 4 nitrogen and oxygen atoms in total. The maximum Gasteiger partial charge on any atom is 0.162 e. The molecule has 2 heterocycles. The summed E-state index contributed by atoms with van der Waals surface area (Å²) in [6, 6.07) is 13.8. The van der Waals surface area contributed by atoms with Crippen molar-refractivity contribution in [3.05, 3.63) is 48.7 Å². The molecule has 0 radical (unpaired) electrons. The monoisotopic (exact) mass is 234 g/mol. The molecule has 0 aliphatic heterocycles. The lowest BCUT2D eigenvalue weighted by atomic mass is 10.2. The topological polar surface area (TPSA) is 56.2 Å². The van der Waals surface area contributed by atoms with Crippen LogP contribution in [0.25, 0.3) is 27.5 Å². The Kier molecular flexibility index (Phi) is 1.67. The van der Waals surface area contributed by atoms with Gasteiger partial charge in [-0.05, 0) is 18.2 Å². The van der Waals surface area contributed by atoms with E-state index < -0.39 is 0 Å². The third-order valence-corrected chi connectivity index (χ3v) is 3.17. The van der Waals surface area contributed by atoms with Crippen LogP contribution in [0.4, 0.5) is 5.69 Å². The SMILES string of the molecule is Nc1ccc2c(c1)nc1c3ccccc3cnn21. The smallest absolute Gasteiger partial charge is 0.162 e. The zero-order chi connectivity index (χ0) is 12.1. The summed E-state index contributed by atoms with van der Waals surface area (Å²) in [4.78, 5) is 4.62. The van der Waals surface area contributed by atoms with Gasteiger partial charge in [0.25, 0.3) is 0 Å². The molecule has 4 rings (SSSR count). The van der Waals surface area contributed by atoms with E-state index in [2.05, 4.69) is 16.1 Å². The van der Waals surface area contributed by atoms with Crippen molar-refractivity contribution in [2.45, 2.75) is 0 Å². The first-order chi connectivity index (χ1) is 8.83. The number of hydrogen-bond donors (Lipinski definition) is 1. The fourth-order valence-electron chi connectivity index (χ4n) is 2.31. The van der Waals surface area contributed by atoms with Crippen LogP contribution in [0.3, 0.4) is 0 Å². The number of nitrogen functional groups attached to an aromatic ring is 1. The van der Waals surface area contributed by atoms with Crippen molar-refractivity contribution >= 4 is 33.1 Å². The van der Waals surface area contributed by atoms with Gasteiger partial charge >= 0.3 is 0 Å². The lowest BCUT2D eigenvalue weighted by Crippen LogP contribution is -1.91. The summed E-state index contributed by atoms with van der Waals surface area (Å²) in [5, 5.41) is 6.63. The summed E-state index contributed by atoms with van der Waals surface area (Å²) in [6.07, 6.45) is 1.86. The van der Waals surface area contributed by atoms with E-state index >= 15 is 0 Å². The number of anilines is 1. The van der Waals surface area contributed by atoms with E-state index in [1.54, 1.807) is 0 Å². The first-order valence-electron chi connectivity index (χ1n) is 5.75. The summed E-state index contributed by atoms with van der Waals surface area (Å²) in [7, 11) is 0. The van der Waals surface area contributed by atoms with Crippen molar-refractivity contribution in [3.8, 4) is 0 Å². The highest BCUT2D eigenvalue weighted by Gasteiger charge is 2.08. The number of fused-ring (bicyclic) bond motifs is 5. The van der Waals surface area contributed by atoms with Crippen molar-refractivity contribution in [3.63, 3.8) is 0 Å². The van der Waals surface area contributed by atoms with Gasteiger partial charge in [-0.2, -0.15) is 5.10 Å². The Balaban J connectivity index is 2.29. The van der Waals surface area contributed by atoms with Crippen LogP contribution in [0, 0.1) is 0 Å². The first-order valence-corrected chi connectivity index (χ1v) is 5.75. The highest BCUT2D eigenvalue weighted by atomic mass is 15.2. The highest BCUT2D eigenvalue weighted by molar-refractivity contribution is 5.97.